The van der Waals surface area contributed by atoms with Crippen LogP contribution >= 0.6 is 11.6 Å². The summed E-state index contributed by atoms with van der Waals surface area (Å²) in [5.41, 5.74) is 3.03. The molecule has 1 atom stereocenters. The maximum Gasteiger partial charge on any atom is 0.340 e. The van der Waals surface area contributed by atoms with Crippen LogP contribution in [-0.2, 0) is 21.1 Å². The van der Waals surface area contributed by atoms with Gasteiger partial charge in [-0.2, -0.15) is 0 Å². The Morgan fingerprint density at radius 1 is 1.15 bits per heavy atom. The number of aryl methyl sites for hydroxylation is 1. The van der Waals surface area contributed by atoms with Gasteiger partial charge in [0.25, 0.3) is 0 Å². The summed E-state index contributed by atoms with van der Waals surface area (Å²) in [6, 6.07) is 10.5. The zero-order valence-corrected chi connectivity index (χ0v) is 19.3. The number of rotatable bonds is 4. The third-order valence-corrected chi connectivity index (χ3v) is 8.09. The zero-order chi connectivity index (χ0) is 23.3. The minimum absolute atomic E-state index is 0.0612. The van der Waals surface area contributed by atoms with Crippen LogP contribution in [0.15, 0.2) is 56.3 Å². The lowest BCUT2D eigenvalue weighted by Gasteiger charge is -2.12. The molecule has 2 aromatic heterocycles. The molecule has 3 heterocycles. The van der Waals surface area contributed by atoms with E-state index in [2.05, 4.69) is 5.32 Å². The van der Waals surface area contributed by atoms with Crippen LogP contribution < -0.4 is 10.9 Å². The summed E-state index contributed by atoms with van der Waals surface area (Å²) in [5.74, 6) is -0.417. The van der Waals surface area contributed by atoms with Gasteiger partial charge in [-0.25, -0.2) is 13.2 Å². The molecule has 0 saturated carbocycles. The van der Waals surface area contributed by atoms with Gasteiger partial charge in [-0.05, 0) is 42.7 Å². The van der Waals surface area contributed by atoms with Gasteiger partial charge in [0.1, 0.15) is 11.2 Å². The average molecular weight is 486 g/mol. The Morgan fingerprint density at radius 2 is 1.91 bits per heavy atom. The van der Waals surface area contributed by atoms with Crippen molar-refractivity contribution in [2.24, 2.45) is 0 Å². The minimum atomic E-state index is -3.11. The molecule has 2 aromatic carbocycles. The topological polar surface area (TPSA) is 107 Å². The Bertz CT molecular complexity index is 1570. The predicted octanol–water partition coefficient (Wildman–Crippen LogP) is 4.01. The zero-order valence-electron chi connectivity index (χ0n) is 17.7. The molecule has 7 nitrogen and oxygen atoms in total. The van der Waals surface area contributed by atoms with Crippen molar-refractivity contribution in [2.75, 3.05) is 11.5 Å². The van der Waals surface area contributed by atoms with Crippen LogP contribution in [0.25, 0.3) is 33.1 Å². The van der Waals surface area contributed by atoms with Gasteiger partial charge in [0.05, 0.1) is 29.8 Å². The van der Waals surface area contributed by atoms with Crippen molar-refractivity contribution in [1.29, 1.82) is 0 Å². The van der Waals surface area contributed by atoms with Gasteiger partial charge >= 0.3 is 5.63 Å². The van der Waals surface area contributed by atoms with Crippen molar-refractivity contribution in [3.8, 4) is 11.1 Å². The fraction of sp³-hybridized carbons (Fsp3) is 0.250. The lowest BCUT2D eigenvalue weighted by Crippen LogP contribution is -2.37. The predicted molar refractivity (Wildman–Crippen MR) is 126 cm³/mol. The molecule has 5 rings (SSSR count). The number of sulfone groups is 1. The number of carbonyl (C=O) groups excluding carboxylic acids is 1. The molecule has 0 spiro atoms. The molecule has 0 unspecified atom stereocenters. The molecule has 1 N–H and O–H groups in total. The smallest absolute Gasteiger partial charge is 0.340 e. The van der Waals surface area contributed by atoms with Gasteiger partial charge in [-0.3, -0.25) is 4.79 Å². The first-order valence-electron chi connectivity index (χ1n) is 10.4. The first-order valence-corrected chi connectivity index (χ1v) is 12.6. The van der Waals surface area contributed by atoms with Gasteiger partial charge in [-0.1, -0.05) is 23.7 Å². The van der Waals surface area contributed by atoms with Crippen molar-refractivity contribution < 1.29 is 22.0 Å². The average Bonchev–Trinajstić information content (AvgIpc) is 3.32. The normalized spacial score (nSPS) is 17.6. The standard InChI is InChI=1S/C24H20ClNO6S/c1-13-17-8-19-20(14-2-4-15(25)5-3-14)11-31-21(19)10-22(17)32-24(28)18(13)9-23(27)26-16-6-7-33(29,30)12-16/h2-5,8,10-11,16H,6-7,9,12H2,1H3,(H,26,27)/t16-/m0/s1. The van der Waals surface area contributed by atoms with Gasteiger partial charge in [0.2, 0.25) is 5.91 Å². The van der Waals surface area contributed by atoms with Crippen molar-refractivity contribution in [3.05, 3.63) is 69.2 Å². The number of fused-ring (bicyclic) bond motifs is 2. The molecule has 1 saturated heterocycles. The van der Waals surface area contributed by atoms with Crippen LogP contribution in [-0.4, -0.2) is 31.9 Å². The molecule has 0 bridgehead atoms. The van der Waals surface area contributed by atoms with Crippen LogP contribution in [0, 0.1) is 6.92 Å². The number of hydrogen-bond donors (Lipinski definition) is 1. The van der Waals surface area contributed by atoms with Crippen LogP contribution in [0.3, 0.4) is 0 Å². The van der Waals surface area contributed by atoms with E-state index in [1.54, 1.807) is 31.4 Å². The van der Waals surface area contributed by atoms with Crippen molar-refractivity contribution >= 4 is 49.3 Å². The number of furan rings is 1. The van der Waals surface area contributed by atoms with E-state index in [0.717, 1.165) is 16.5 Å². The summed E-state index contributed by atoms with van der Waals surface area (Å²) in [6.45, 7) is 1.77. The Labute approximate surface area is 194 Å². The maximum absolute atomic E-state index is 12.6. The van der Waals surface area contributed by atoms with Crippen LogP contribution in [0.1, 0.15) is 17.5 Å². The van der Waals surface area contributed by atoms with E-state index in [1.807, 2.05) is 18.2 Å². The van der Waals surface area contributed by atoms with Gasteiger partial charge in [0, 0.05) is 33.5 Å². The second-order valence-corrected chi connectivity index (χ2v) is 11.0. The Balaban J connectivity index is 1.51. The number of carbonyl (C=O) groups is 1. The molecule has 1 amide bonds. The maximum atomic E-state index is 12.6. The van der Waals surface area contributed by atoms with Crippen molar-refractivity contribution in [1.82, 2.24) is 5.32 Å². The summed E-state index contributed by atoms with van der Waals surface area (Å²) in [4.78, 5) is 25.2. The van der Waals surface area contributed by atoms with Crippen LogP contribution in [0.4, 0.5) is 0 Å². The van der Waals surface area contributed by atoms with Crippen LogP contribution in [0.2, 0.25) is 5.02 Å². The first kappa shape index (κ1) is 21.7. The van der Waals surface area contributed by atoms with E-state index in [1.165, 1.54) is 0 Å². The summed E-state index contributed by atoms with van der Waals surface area (Å²) >= 11 is 6.00. The Kier molecular flexibility index (Phi) is 5.29. The Morgan fingerprint density at radius 3 is 2.61 bits per heavy atom. The summed E-state index contributed by atoms with van der Waals surface area (Å²) in [5, 5.41) is 4.89. The largest absolute Gasteiger partial charge is 0.464 e. The molecular formula is C24H20ClNO6S. The molecule has 4 aromatic rings. The van der Waals surface area contributed by atoms with E-state index in [-0.39, 0.29) is 23.5 Å². The van der Waals surface area contributed by atoms with E-state index < -0.39 is 27.4 Å². The molecule has 0 radical (unpaired) electrons. The monoisotopic (exact) mass is 485 g/mol. The van der Waals surface area contributed by atoms with Gasteiger partial charge in [0.15, 0.2) is 9.84 Å². The quantitative estimate of drug-likeness (QED) is 0.438. The molecule has 1 aliphatic heterocycles. The van der Waals surface area contributed by atoms with E-state index in [4.69, 9.17) is 20.4 Å². The second kappa shape index (κ2) is 8.04. The second-order valence-electron chi connectivity index (χ2n) is 8.34. The summed E-state index contributed by atoms with van der Waals surface area (Å²) in [7, 11) is -3.11. The number of benzene rings is 2. The number of hydrogen-bond acceptors (Lipinski definition) is 6. The SMILES string of the molecule is Cc1c(CC(=O)N[C@H]2CCS(=O)(=O)C2)c(=O)oc2cc3occ(-c4ccc(Cl)cc4)c3cc12. The number of nitrogens with one attached hydrogen (secondary N) is 1. The third kappa shape index (κ3) is 4.16. The highest BCUT2D eigenvalue weighted by Crippen LogP contribution is 2.35. The van der Waals surface area contributed by atoms with Gasteiger partial charge in [-0.15, -0.1) is 0 Å². The van der Waals surface area contributed by atoms with Crippen molar-refractivity contribution in [3.63, 3.8) is 0 Å². The molecule has 170 valence electrons. The fourth-order valence-corrected chi connectivity index (χ4v) is 6.11. The summed E-state index contributed by atoms with van der Waals surface area (Å²) < 4.78 is 34.5. The Hall–Kier alpha value is -3.10. The third-order valence-electron chi connectivity index (χ3n) is 6.07. The molecule has 1 fully saturated rings. The molecule has 9 heteroatoms. The lowest BCUT2D eigenvalue weighted by atomic mass is 9.99. The van der Waals surface area contributed by atoms with Crippen LogP contribution in [0.5, 0.6) is 0 Å². The highest BCUT2D eigenvalue weighted by Gasteiger charge is 2.29. The van der Waals surface area contributed by atoms with E-state index in [9.17, 15) is 18.0 Å². The van der Waals surface area contributed by atoms with E-state index in [0.29, 0.717) is 33.6 Å². The highest BCUT2D eigenvalue weighted by atomic mass is 35.5. The minimum Gasteiger partial charge on any atom is -0.464 e. The lowest BCUT2D eigenvalue weighted by molar-refractivity contribution is -0.121. The number of halogens is 1. The van der Waals surface area contributed by atoms with Crippen molar-refractivity contribution in [2.45, 2.75) is 25.8 Å². The molecule has 0 aliphatic carbocycles. The molecule has 33 heavy (non-hydrogen) atoms. The first-order chi connectivity index (χ1) is 15.7. The van der Waals surface area contributed by atoms with E-state index >= 15 is 0 Å². The number of amides is 1. The summed E-state index contributed by atoms with van der Waals surface area (Å²) in [6.07, 6.45) is 1.84. The fourth-order valence-electron chi connectivity index (χ4n) is 4.32. The highest BCUT2D eigenvalue weighted by molar-refractivity contribution is 7.91. The molecule has 1 aliphatic rings. The molecular weight excluding hydrogens is 466 g/mol. The van der Waals surface area contributed by atoms with Gasteiger partial charge < -0.3 is 14.2 Å².